The molecule has 2 N–H and O–H groups in total. The SMILES string of the molecule is Cc1ccc(OCC(=O)NC(=O)NC2CCCCC2)c([N+](=O)[O-])n1. The van der Waals surface area contributed by atoms with Gasteiger partial charge in [0.25, 0.3) is 5.91 Å². The molecule has 1 aliphatic carbocycles. The van der Waals surface area contributed by atoms with Crippen molar-refractivity contribution >= 4 is 17.8 Å². The van der Waals surface area contributed by atoms with E-state index < -0.39 is 29.3 Å². The van der Waals surface area contributed by atoms with Gasteiger partial charge in [0.05, 0.1) is 0 Å². The van der Waals surface area contributed by atoms with Gasteiger partial charge in [-0.1, -0.05) is 19.3 Å². The standard InChI is InChI=1S/C15H20N4O5/c1-10-7-8-12(14(16-10)19(22)23)24-9-13(20)18-15(21)17-11-5-3-2-4-6-11/h7-8,11H,2-6,9H2,1H3,(H2,17,18,20,21). The summed E-state index contributed by atoms with van der Waals surface area (Å²) in [7, 11) is 0. The Morgan fingerprint density at radius 1 is 1.33 bits per heavy atom. The van der Waals surface area contributed by atoms with Crippen molar-refractivity contribution in [1.82, 2.24) is 15.6 Å². The maximum Gasteiger partial charge on any atom is 0.406 e. The summed E-state index contributed by atoms with van der Waals surface area (Å²) in [6.07, 6.45) is 5.09. The van der Waals surface area contributed by atoms with Crippen molar-refractivity contribution in [2.45, 2.75) is 45.1 Å². The van der Waals surface area contributed by atoms with Crippen LogP contribution in [0.4, 0.5) is 10.6 Å². The molecule has 9 heteroatoms. The minimum atomic E-state index is -0.685. The highest BCUT2D eigenvalue weighted by molar-refractivity contribution is 5.95. The number of pyridine rings is 1. The zero-order chi connectivity index (χ0) is 17.5. The Morgan fingerprint density at radius 3 is 2.71 bits per heavy atom. The second-order valence-electron chi connectivity index (χ2n) is 5.68. The number of nitrogens with one attached hydrogen (secondary N) is 2. The van der Waals surface area contributed by atoms with E-state index in [9.17, 15) is 19.7 Å². The first-order chi connectivity index (χ1) is 11.5. The van der Waals surface area contributed by atoms with Crippen LogP contribution in [0.2, 0.25) is 0 Å². The number of carbonyl (C=O) groups is 2. The first-order valence-electron chi connectivity index (χ1n) is 7.81. The molecule has 1 saturated carbocycles. The number of amides is 3. The molecule has 2 rings (SSSR count). The van der Waals surface area contributed by atoms with Crippen molar-refractivity contribution < 1.29 is 19.2 Å². The van der Waals surface area contributed by atoms with Gasteiger partial charge in [0.15, 0.2) is 6.61 Å². The van der Waals surface area contributed by atoms with Crippen molar-refractivity contribution in [3.05, 3.63) is 27.9 Å². The van der Waals surface area contributed by atoms with Crippen LogP contribution in [-0.4, -0.2) is 34.5 Å². The van der Waals surface area contributed by atoms with Gasteiger partial charge in [0.1, 0.15) is 5.69 Å². The third-order valence-electron chi connectivity index (χ3n) is 3.70. The van der Waals surface area contributed by atoms with E-state index in [2.05, 4.69) is 15.6 Å². The molecule has 0 bridgehead atoms. The van der Waals surface area contributed by atoms with Gasteiger partial charge in [0.2, 0.25) is 5.75 Å². The van der Waals surface area contributed by atoms with Gasteiger partial charge in [-0.15, -0.1) is 0 Å². The minimum absolute atomic E-state index is 0.0786. The Morgan fingerprint density at radius 2 is 2.04 bits per heavy atom. The Bertz CT molecular complexity index is 628. The van der Waals surface area contributed by atoms with Gasteiger partial charge in [-0.3, -0.25) is 10.1 Å². The molecule has 24 heavy (non-hydrogen) atoms. The third kappa shape index (κ3) is 5.18. The third-order valence-corrected chi connectivity index (χ3v) is 3.70. The van der Waals surface area contributed by atoms with Gasteiger partial charge in [0, 0.05) is 13.0 Å². The highest BCUT2D eigenvalue weighted by Gasteiger charge is 2.20. The first kappa shape index (κ1) is 17.6. The maximum absolute atomic E-state index is 11.7. The highest BCUT2D eigenvalue weighted by Crippen LogP contribution is 2.24. The summed E-state index contributed by atoms with van der Waals surface area (Å²) in [6, 6.07) is 2.41. The lowest BCUT2D eigenvalue weighted by atomic mass is 9.96. The molecule has 130 valence electrons. The van der Waals surface area contributed by atoms with Crippen LogP contribution in [0.15, 0.2) is 12.1 Å². The van der Waals surface area contributed by atoms with E-state index in [4.69, 9.17) is 4.74 Å². The molecule has 3 amide bonds. The lowest BCUT2D eigenvalue weighted by molar-refractivity contribution is -0.390. The van der Waals surface area contributed by atoms with Crippen LogP contribution in [0, 0.1) is 17.0 Å². The molecule has 0 aromatic carbocycles. The van der Waals surface area contributed by atoms with Crippen molar-refractivity contribution in [2.75, 3.05) is 6.61 Å². The number of urea groups is 1. The maximum atomic E-state index is 11.7. The largest absolute Gasteiger partial charge is 0.476 e. The van der Waals surface area contributed by atoms with Crippen LogP contribution in [0.3, 0.4) is 0 Å². The van der Waals surface area contributed by atoms with Crippen LogP contribution in [0.25, 0.3) is 0 Å². The lowest BCUT2D eigenvalue weighted by Crippen LogP contribution is -2.46. The quantitative estimate of drug-likeness (QED) is 0.624. The summed E-state index contributed by atoms with van der Waals surface area (Å²) in [6.45, 7) is 1.10. The molecule has 0 aliphatic heterocycles. The van der Waals surface area contributed by atoms with Crippen LogP contribution < -0.4 is 15.4 Å². The Balaban J connectivity index is 1.82. The second kappa shape index (κ2) is 8.23. The van der Waals surface area contributed by atoms with Crippen LogP contribution in [-0.2, 0) is 4.79 Å². The summed E-state index contributed by atoms with van der Waals surface area (Å²) in [5, 5.41) is 15.8. The van der Waals surface area contributed by atoms with E-state index in [1.54, 1.807) is 6.92 Å². The Hall–Kier alpha value is -2.71. The molecular weight excluding hydrogens is 316 g/mol. The monoisotopic (exact) mass is 336 g/mol. The number of aryl methyl sites for hydroxylation is 1. The molecule has 0 spiro atoms. The number of aromatic nitrogens is 1. The molecule has 9 nitrogen and oxygen atoms in total. The number of nitrogens with zero attached hydrogens (tertiary/aromatic N) is 2. The molecule has 1 aliphatic rings. The number of carbonyl (C=O) groups excluding carboxylic acids is 2. The van der Waals surface area contributed by atoms with E-state index in [-0.39, 0.29) is 11.8 Å². The number of rotatable bonds is 5. The summed E-state index contributed by atoms with van der Waals surface area (Å²) in [4.78, 5) is 37.4. The fraction of sp³-hybridized carbons (Fsp3) is 0.533. The highest BCUT2D eigenvalue weighted by atomic mass is 16.6. The van der Waals surface area contributed by atoms with E-state index in [0.29, 0.717) is 5.69 Å². The normalized spacial score (nSPS) is 14.7. The van der Waals surface area contributed by atoms with Gasteiger partial charge in [-0.25, -0.2) is 4.79 Å². The van der Waals surface area contributed by atoms with Gasteiger partial charge in [-0.2, -0.15) is 0 Å². The molecule has 0 saturated heterocycles. The lowest BCUT2D eigenvalue weighted by Gasteiger charge is -2.22. The van der Waals surface area contributed by atoms with Crippen molar-refractivity contribution in [2.24, 2.45) is 0 Å². The summed E-state index contributed by atoms with van der Waals surface area (Å²) < 4.78 is 5.11. The Kier molecular flexibility index (Phi) is 6.05. The molecule has 0 atom stereocenters. The fourth-order valence-corrected chi connectivity index (χ4v) is 2.55. The Labute approximate surface area is 138 Å². The summed E-state index contributed by atoms with van der Waals surface area (Å²) in [5.41, 5.74) is 0.463. The van der Waals surface area contributed by atoms with Gasteiger partial charge >= 0.3 is 11.8 Å². The summed E-state index contributed by atoms with van der Waals surface area (Å²) in [5.74, 6) is -1.26. The smallest absolute Gasteiger partial charge is 0.406 e. The fourth-order valence-electron chi connectivity index (χ4n) is 2.55. The first-order valence-corrected chi connectivity index (χ1v) is 7.81. The zero-order valence-electron chi connectivity index (χ0n) is 13.4. The zero-order valence-corrected chi connectivity index (χ0v) is 13.4. The number of hydrogen-bond donors (Lipinski definition) is 2. The van der Waals surface area contributed by atoms with E-state index in [0.717, 1.165) is 32.1 Å². The molecule has 1 heterocycles. The second-order valence-corrected chi connectivity index (χ2v) is 5.68. The molecule has 1 aromatic heterocycles. The molecule has 0 unspecified atom stereocenters. The molecule has 1 fully saturated rings. The molecule has 0 radical (unpaired) electrons. The number of nitro groups is 1. The van der Waals surface area contributed by atoms with E-state index >= 15 is 0 Å². The van der Waals surface area contributed by atoms with E-state index in [1.165, 1.54) is 12.1 Å². The van der Waals surface area contributed by atoms with Crippen LogP contribution in [0.5, 0.6) is 5.75 Å². The van der Waals surface area contributed by atoms with Gasteiger partial charge < -0.3 is 20.2 Å². The molecular formula is C15H20N4O5. The minimum Gasteiger partial charge on any atom is -0.476 e. The number of imide groups is 1. The van der Waals surface area contributed by atoms with Crippen LogP contribution in [0.1, 0.15) is 37.8 Å². The van der Waals surface area contributed by atoms with Crippen molar-refractivity contribution in [3.63, 3.8) is 0 Å². The molecule has 1 aromatic rings. The van der Waals surface area contributed by atoms with Crippen molar-refractivity contribution in [1.29, 1.82) is 0 Å². The number of hydrogen-bond acceptors (Lipinski definition) is 6. The van der Waals surface area contributed by atoms with Crippen LogP contribution >= 0.6 is 0 Å². The van der Waals surface area contributed by atoms with Crippen molar-refractivity contribution in [3.8, 4) is 5.75 Å². The predicted molar refractivity (Wildman–Crippen MR) is 84.7 cm³/mol. The topological polar surface area (TPSA) is 123 Å². The number of ether oxygens (including phenoxy) is 1. The summed E-state index contributed by atoms with van der Waals surface area (Å²) >= 11 is 0. The average molecular weight is 336 g/mol. The van der Waals surface area contributed by atoms with E-state index in [1.807, 2.05) is 0 Å². The predicted octanol–water partition coefficient (Wildman–Crippen LogP) is 1.84. The van der Waals surface area contributed by atoms with Gasteiger partial charge in [-0.05, 0) is 34.9 Å². The average Bonchev–Trinajstić information content (AvgIpc) is 2.54.